The van der Waals surface area contributed by atoms with Gasteiger partial charge >= 0.3 is 0 Å². The van der Waals surface area contributed by atoms with Crippen LogP contribution in [-0.2, 0) is 14.8 Å². The molecule has 0 spiro atoms. The summed E-state index contributed by atoms with van der Waals surface area (Å²) >= 11 is 0. The molecular formula is C22H25N3O5S. The molecule has 9 heteroatoms. The summed E-state index contributed by atoms with van der Waals surface area (Å²) in [6.45, 7) is 1.44. The second-order valence-electron chi connectivity index (χ2n) is 7.71. The zero-order chi connectivity index (χ0) is 22.0. The molecule has 8 nitrogen and oxygen atoms in total. The minimum absolute atomic E-state index is 0.0671. The number of ether oxygens (including phenoxy) is 1. The van der Waals surface area contributed by atoms with Crippen molar-refractivity contribution < 1.29 is 22.7 Å². The number of hydrogen-bond donors (Lipinski definition) is 1. The fourth-order valence-corrected chi connectivity index (χ4v) is 5.46. The molecule has 0 unspecified atom stereocenters. The Hall–Kier alpha value is -2.91. The molecule has 2 aromatic rings. The second-order valence-corrected chi connectivity index (χ2v) is 9.65. The van der Waals surface area contributed by atoms with E-state index < -0.39 is 10.0 Å². The average Bonchev–Trinajstić information content (AvgIpc) is 3.44. The zero-order valence-electron chi connectivity index (χ0n) is 17.3. The SMILES string of the molecule is COc1ccc(N2C[C@@H](NC(=O)c3ccc(S(=O)(=O)N4CCCC4)cc3)CC2=O)cc1. The van der Waals surface area contributed by atoms with Crippen LogP contribution in [0.4, 0.5) is 5.69 Å². The summed E-state index contributed by atoms with van der Waals surface area (Å²) in [7, 11) is -1.93. The molecular weight excluding hydrogens is 418 g/mol. The number of nitrogens with zero attached hydrogens (tertiary/aromatic N) is 2. The smallest absolute Gasteiger partial charge is 0.251 e. The molecule has 164 valence electrons. The van der Waals surface area contributed by atoms with Gasteiger partial charge in [-0.25, -0.2) is 8.42 Å². The molecule has 31 heavy (non-hydrogen) atoms. The van der Waals surface area contributed by atoms with Gasteiger partial charge in [0.05, 0.1) is 18.0 Å². The number of hydrogen-bond acceptors (Lipinski definition) is 5. The lowest BCUT2D eigenvalue weighted by Crippen LogP contribution is -2.37. The van der Waals surface area contributed by atoms with E-state index >= 15 is 0 Å². The standard InChI is InChI=1S/C22H25N3O5S/c1-30-19-8-6-18(7-9-19)25-15-17(14-21(25)26)23-22(27)16-4-10-20(11-5-16)31(28,29)24-12-2-3-13-24/h4-11,17H,2-3,12-15H2,1H3,(H,23,27)/t17-/m0/s1. The van der Waals surface area contributed by atoms with Gasteiger partial charge in [-0.15, -0.1) is 0 Å². The molecule has 0 bridgehead atoms. The van der Waals surface area contributed by atoms with Crippen LogP contribution in [0.3, 0.4) is 0 Å². The average molecular weight is 444 g/mol. The number of rotatable bonds is 6. The predicted octanol–water partition coefficient (Wildman–Crippen LogP) is 2.01. The van der Waals surface area contributed by atoms with Crippen LogP contribution in [0.2, 0.25) is 0 Å². The molecule has 0 radical (unpaired) electrons. The molecule has 2 amide bonds. The minimum Gasteiger partial charge on any atom is -0.497 e. The van der Waals surface area contributed by atoms with Gasteiger partial charge in [-0.1, -0.05) is 0 Å². The van der Waals surface area contributed by atoms with Crippen molar-refractivity contribution >= 4 is 27.5 Å². The van der Waals surface area contributed by atoms with E-state index in [1.165, 1.54) is 28.6 Å². The molecule has 0 aromatic heterocycles. The quantitative estimate of drug-likeness (QED) is 0.737. The first-order valence-electron chi connectivity index (χ1n) is 10.2. The third-order valence-corrected chi connectivity index (χ3v) is 7.58. The lowest BCUT2D eigenvalue weighted by molar-refractivity contribution is -0.117. The molecule has 0 saturated carbocycles. The van der Waals surface area contributed by atoms with Gasteiger partial charge in [0.15, 0.2) is 0 Å². The molecule has 2 aliphatic heterocycles. The fraction of sp³-hybridized carbons (Fsp3) is 0.364. The number of nitrogens with one attached hydrogen (secondary N) is 1. The van der Waals surface area contributed by atoms with E-state index in [2.05, 4.69) is 5.32 Å². The van der Waals surface area contributed by atoms with Crippen LogP contribution in [0.1, 0.15) is 29.6 Å². The third kappa shape index (κ3) is 4.42. The van der Waals surface area contributed by atoms with Gasteiger partial charge in [0.25, 0.3) is 5.91 Å². The van der Waals surface area contributed by atoms with E-state index in [-0.39, 0.29) is 29.2 Å². The number of benzene rings is 2. The molecule has 0 aliphatic carbocycles. The summed E-state index contributed by atoms with van der Waals surface area (Å²) in [6.07, 6.45) is 1.94. The zero-order valence-corrected chi connectivity index (χ0v) is 18.1. The first kappa shape index (κ1) is 21.3. The first-order valence-corrected chi connectivity index (χ1v) is 11.7. The van der Waals surface area contributed by atoms with Crippen LogP contribution >= 0.6 is 0 Å². The summed E-state index contributed by atoms with van der Waals surface area (Å²) in [5, 5.41) is 2.88. The number of amides is 2. The fourth-order valence-electron chi connectivity index (χ4n) is 3.94. The number of carbonyl (C=O) groups is 2. The van der Waals surface area contributed by atoms with Crippen LogP contribution < -0.4 is 15.0 Å². The monoisotopic (exact) mass is 443 g/mol. The Morgan fingerprint density at radius 1 is 1.03 bits per heavy atom. The van der Waals surface area contributed by atoms with E-state index in [0.29, 0.717) is 30.9 Å². The Morgan fingerprint density at radius 3 is 2.29 bits per heavy atom. The van der Waals surface area contributed by atoms with Crippen molar-refractivity contribution in [1.29, 1.82) is 0 Å². The van der Waals surface area contributed by atoms with Crippen LogP contribution in [-0.4, -0.2) is 57.3 Å². The largest absolute Gasteiger partial charge is 0.497 e. The molecule has 4 rings (SSSR count). The molecule has 2 fully saturated rings. The van der Waals surface area contributed by atoms with Gasteiger partial charge in [-0.2, -0.15) is 4.31 Å². The molecule has 2 saturated heterocycles. The Labute approximate surface area is 181 Å². The van der Waals surface area contributed by atoms with E-state index in [1.54, 1.807) is 36.3 Å². The number of methoxy groups -OCH3 is 1. The molecule has 2 heterocycles. The van der Waals surface area contributed by atoms with Gasteiger partial charge in [0, 0.05) is 37.3 Å². The maximum absolute atomic E-state index is 12.6. The molecule has 1 atom stereocenters. The highest BCUT2D eigenvalue weighted by atomic mass is 32.2. The number of sulfonamides is 1. The normalized spacial score (nSPS) is 19.6. The van der Waals surface area contributed by atoms with Crippen LogP contribution in [0.15, 0.2) is 53.4 Å². The van der Waals surface area contributed by atoms with Gasteiger partial charge in [-0.05, 0) is 61.4 Å². The Morgan fingerprint density at radius 2 is 1.68 bits per heavy atom. The number of carbonyl (C=O) groups excluding carboxylic acids is 2. The first-order chi connectivity index (χ1) is 14.9. The lowest BCUT2D eigenvalue weighted by atomic mass is 10.2. The topological polar surface area (TPSA) is 96.0 Å². The molecule has 1 N–H and O–H groups in total. The van der Waals surface area contributed by atoms with E-state index in [4.69, 9.17) is 4.74 Å². The van der Waals surface area contributed by atoms with Crippen LogP contribution in [0, 0.1) is 0 Å². The van der Waals surface area contributed by atoms with Gasteiger partial charge < -0.3 is 15.0 Å². The highest BCUT2D eigenvalue weighted by Gasteiger charge is 2.32. The maximum atomic E-state index is 12.6. The summed E-state index contributed by atoms with van der Waals surface area (Å²) in [5.74, 6) is 0.303. The van der Waals surface area contributed by atoms with Gasteiger partial charge in [0.2, 0.25) is 15.9 Å². The number of anilines is 1. The highest BCUT2D eigenvalue weighted by Crippen LogP contribution is 2.25. The second kappa shape index (κ2) is 8.68. The van der Waals surface area contributed by atoms with Crippen molar-refractivity contribution in [2.75, 3.05) is 31.6 Å². The maximum Gasteiger partial charge on any atom is 0.251 e. The predicted molar refractivity (Wildman–Crippen MR) is 116 cm³/mol. The van der Waals surface area contributed by atoms with Crippen molar-refractivity contribution in [3.05, 3.63) is 54.1 Å². The van der Waals surface area contributed by atoms with Crippen LogP contribution in [0.5, 0.6) is 5.75 Å². The van der Waals surface area contributed by atoms with Crippen molar-refractivity contribution in [3.63, 3.8) is 0 Å². The Bertz CT molecular complexity index is 1060. The highest BCUT2D eigenvalue weighted by molar-refractivity contribution is 7.89. The van der Waals surface area contributed by atoms with Crippen LogP contribution in [0.25, 0.3) is 0 Å². The summed E-state index contributed by atoms with van der Waals surface area (Å²) in [4.78, 5) is 26.9. The summed E-state index contributed by atoms with van der Waals surface area (Å²) in [5.41, 5.74) is 1.11. The van der Waals surface area contributed by atoms with E-state index in [9.17, 15) is 18.0 Å². The Kier molecular flexibility index (Phi) is 5.97. The van der Waals surface area contributed by atoms with Gasteiger partial charge in [0.1, 0.15) is 5.75 Å². The lowest BCUT2D eigenvalue weighted by Gasteiger charge is -2.18. The van der Waals surface area contributed by atoms with Crippen molar-refractivity contribution in [3.8, 4) is 5.75 Å². The third-order valence-electron chi connectivity index (χ3n) is 5.66. The summed E-state index contributed by atoms with van der Waals surface area (Å²) < 4.78 is 31.8. The Balaban J connectivity index is 1.39. The van der Waals surface area contributed by atoms with E-state index in [1.807, 2.05) is 0 Å². The molecule has 2 aromatic carbocycles. The summed E-state index contributed by atoms with van der Waals surface area (Å²) in [6, 6.07) is 12.8. The molecule has 2 aliphatic rings. The van der Waals surface area contributed by atoms with Crippen molar-refractivity contribution in [2.45, 2.75) is 30.2 Å². The van der Waals surface area contributed by atoms with E-state index in [0.717, 1.165) is 18.5 Å². The van der Waals surface area contributed by atoms with Crippen molar-refractivity contribution in [2.24, 2.45) is 0 Å². The van der Waals surface area contributed by atoms with Crippen molar-refractivity contribution in [1.82, 2.24) is 9.62 Å². The minimum atomic E-state index is -3.51. The van der Waals surface area contributed by atoms with Gasteiger partial charge in [-0.3, -0.25) is 9.59 Å².